The van der Waals surface area contributed by atoms with E-state index in [1.165, 1.54) is 0 Å². The van der Waals surface area contributed by atoms with E-state index < -0.39 is 0 Å². The molecule has 4 nitrogen and oxygen atoms in total. The summed E-state index contributed by atoms with van der Waals surface area (Å²) in [4.78, 5) is 14.3. The molecule has 0 aliphatic carbocycles. The fourth-order valence-electron chi connectivity index (χ4n) is 1.91. The molecular weight excluding hydrogens is 354 g/mol. The van der Waals surface area contributed by atoms with Crippen molar-refractivity contribution in [1.29, 1.82) is 0 Å². The first-order valence-electron chi connectivity index (χ1n) is 6.21. The van der Waals surface area contributed by atoms with Gasteiger partial charge in [0.25, 0.3) is 5.91 Å². The highest BCUT2D eigenvalue weighted by Gasteiger charge is 2.15. The van der Waals surface area contributed by atoms with Crippen LogP contribution in [0.25, 0.3) is 0 Å². The summed E-state index contributed by atoms with van der Waals surface area (Å²) >= 11 is 9.44. The van der Waals surface area contributed by atoms with Crippen molar-refractivity contribution >= 4 is 50.5 Å². The molecule has 0 bridgehead atoms. The Hall–Kier alpha value is -1.72. The Morgan fingerprint density at radius 1 is 1.24 bits per heavy atom. The fourth-order valence-corrected chi connectivity index (χ4v) is 2.43. The van der Waals surface area contributed by atoms with E-state index in [4.69, 9.17) is 17.3 Å². The van der Waals surface area contributed by atoms with Gasteiger partial charge in [-0.1, -0.05) is 27.5 Å². The Morgan fingerprint density at radius 3 is 2.62 bits per heavy atom. The van der Waals surface area contributed by atoms with Crippen molar-refractivity contribution in [1.82, 2.24) is 0 Å². The van der Waals surface area contributed by atoms with E-state index in [0.29, 0.717) is 22.0 Å². The summed E-state index contributed by atoms with van der Waals surface area (Å²) in [7, 11) is 3.74. The van der Waals surface area contributed by atoms with Gasteiger partial charge >= 0.3 is 0 Å². The number of amides is 1. The second-order valence-corrected chi connectivity index (χ2v) is 6.07. The van der Waals surface area contributed by atoms with Crippen LogP contribution in [-0.2, 0) is 0 Å². The second kappa shape index (κ2) is 6.37. The summed E-state index contributed by atoms with van der Waals surface area (Å²) in [6.07, 6.45) is 0. The lowest BCUT2D eigenvalue weighted by atomic mass is 10.1. The standard InChI is InChI=1S/C15H15BrClN3O/c1-20(2)14-6-4-10(18)8-11(14)15(21)19-13-7-9(16)3-5-12(13)17/h3-8H,18H2,1-2H3,(H,19,21). The average Bonchev–Trinajstić information content (AvgIpc) is 2.42. The molecule has 0 heterocycles. The summed E-state index contributed by atoms with van der Waals surface area (Å²) in [5.74, 6) is -0.258. The molecular formula is C15H15BrClN3O. The van der Waals surface area contributed by atoms with E-state index >= 15 is 0 Å². The van der Waals surface area contributed by atoms with Gasteiger partial charge in [0.05, 0.1) is 16.3 Å². The van der Waals surface area contributed by atoms with Crippen LogP contribution in [0, 0.1) is 0 Å². The first-order chi connectivity index (χ1) is 9.88. The Labute approximate surface area is 137 Å². The molecule has 0 saturated carbocycles. The molecule has 2 rings (SSSR count). The third-order valence-corrected chi connectivity index (χ3v) is 3.75. The summed E-state index contributed by atoms with van der Waals surface area (Å²) in [5.41, 5.74) is 8.14. The Bertz CT molecular complexity index is 689. The number of nitrogens with zero attached hydrogens (tertiary/aromatic N) is 1. The smallest absolute Gasteiger partial charge is 0.257 e. The fraction of sp³-hybridized carbons (Fsp3) is 0.133. The zero-order valence-electron chi connectivity index (χ0n) is 11.7. The van der Waals surface area contributed by atoms with Crippen molar-refractivity contribution in [2.24, 2.45) is 0 Å². The minimum Gasteiger partial charge on any atom is -0.399 e. The van der Waals surface area contributed by atoms with Crippen LogP contribution in [0.1, 0.15) is 10.4 Å². The molecule has 110 valence electrons. The van der Waals surface area contributed by atoms with Crippen LogP contribution in [0.4, 0.5) is 17.1 Å². The van der Waals surface area contributed by atoms with Crippen molar-refractivity contribution in [2.45, 2.75) is 0 Å². The molecule has 0 aliphatic heterocycles. The van der Waals surface area contributed by atoms with Crippen molar-refractivity contribution in [3.05, 3.63) is 51.5 Å². The first kappa shape index (κ1) is 15.7. The highest BCUT2D eigenvalue weighted by molar-refractivity contribution is 9.10. The van der Waals surface area contributed by atoms with Gasteiger partial charge < -0.3 is 16.0 Å². The Kier molecular flexibility index (Phi) is 4.75. The van der Waals surface area contributed by atoms with Crippen LogP contribution in [0.2, 0.25) is 5.02 Å². The highest BCUT2D eigenvalue weighted by Crippen LogP contribution is 2.28. The molecule has 3 N–H and O–H groups in total. The lowest BCUT2D eigenvalue weighted by Gasteiger charge is -2.18. The lowest BCUT2D eigenvalue weighted by Crippen LogP contribution is -2.19. The van der Waals surface area contributed by atoms with Crippen molar-refractivity contribution in [2.75, 3.05) is 30.0 Å². The van der Waals surface area contributed by atoms with Gasteiger partial charge in [-0.2, -0.15) is 0 Å². The van der Waals surface area contributed by atoms with Crippen LogP contribution in [0.15, 0.2) is 40.9 Å². The number of hydrogen-bond acceptors (Lipinski definition) is 3. The van der Waals surface area contributed by atoms with Crippen molar-refractivity contribution < 1.29 is 4.79 Å². The maximum absolute atomic E-state index is 12.5. The number of carbonyl (C=O) groups is 1. The predicted molar refractivity (Wildman–Crippen MR) is 92.3 cm³/mol. The van der Waals surface area contributed by atoms with Gasteiger partial charge in [-0.3, -0.25) is 4.79 Å². The van der Waals surface area contributed by atoms with Crippen LogP contribution < -0.4 is 16.0 Å². The minimum atomic E-state index is -0.258. The van der Waals surface area contributed by atoms with E-state index in [0.717, 1.165) is 10.2 Å². The molecule has 2 aromatic rings. The number of halogens is 2. The van der Waals surface area contributed by atoms with E-state index in [1.54, 1.807) is 24.3 Å². The third-order valence-electron chi connectivity index (χ3n) is 2.92. The van der Waals surface area contributed by atoms with Crippen molar-refractivity contribution in [3.63, 3.8) is 0 Å². The van der Waals surface area contributed by atoms with Gasteiger partial charge in [-0.25, -0.2) is 0 Å². The van der Waals surface area contributed by atoms with Gasteiger partial charge in [0.2, 0.25) is 0 Å². The van der Waals surface area contributed by atoms with E-state index in [1.807, 2.05) is 31.1 Å². The lowest BCUT2D eigenvalue weighted by molar-refractivity contribution is 0.102. The third kappa shape index (κ3) is 3.68. The zero-order valence-corrected chi connectivity index (χ0v) is 14.0. The number of anilines is 3. The Balaban J connectivity index is 2.36. The summed E-state index contributed by atoms with van der Waals surface area (Å²) in [5, 5.41) is 3.28. The second-order valence-electron chi connectivity index (χ2n) is 4.75. The molecule has 0 atom stereocenters. The molecule has 0 aliphatic rings. The van der Waals surface area contributed by atoms with Gasteiger partial charge in [-0.05, 0) is 36.4 Å². The number of hydrogen-bond donors (Lipinski definition) is 2. The summed E-state index contributed by atoms with van der Waals surface area (Å²) in [6, 6.07) is 10.5. The SMILES string of the molecule is CN(C)c1ccc(N)cc1C(=O)Nc1cc(Br)ccc1Cl. The van der Waals surface area contributed by atoms with Crippen LogP contribution in [0.3, 0.4) is 0 Å². The van der Waals surface area contributed by atoms with Crippen LogP contribution >= 0.6 is 27.5 Å². The molecule has 0 aromatic heterocycles. The molecule has 0 saturated heterocycles. The largest absolute Gasteiger partial charge is 0.399 e. The number of nitrogens with one attached hydrogen (secondary N) is 1. The predicted octanol–water partition coefficient (Wildman–Crippen LogP) is 4.00. The van der Waals surface area contributed by atoms with E-state index in [2.05, 4.69) is 21.2 Å². The van der Waals surface area contributed by atoms with Crippen LogP contribution in [-0.4, -0.2) is 20.0 Å². The maximum atomic E-state index is 12.5. The van der Waals surface area contributed by atoms with Gasteiger partial charge in [0.1, 0.15) is 0 Å². The topological polar surface area (TPSA) is 58.4 Å². The van der Waals surface area contributed by atoms with Gasteiger partial charge in [-0.15, -0.1) is 0 Å². The number of rotatable bonds is 3. The minimum absolute atomic E-state index is 0.258. The molecule has 0 radical (unpaired) electrons. The van der Waals surface area contributed by atoms with Crippen LogP contribution in [0.5, 0.6) is 0 Å². The summed E-state index contributed by atoms with van der Waals surface area (Å²) < 4.78 is 0.836. The van der Waals surface area contributed by atoms with Gasteiger partial charge in [0.15, 0.2) is 0 Å². The molecule has 0 spiro atoms. The normalized spacial score (nSPS) is 10.3. The number of benzene rings is 2. The average molecular weight is 369 g/mol. The quantitative estimate of drug-likeness (QED) is 0.805. The van der Waals surface area contributed by atoms with E-state index in [9.17, 15) is 4.79 Å². The maximum Gasteiger partial charge on any atom is 0.257 e. The summed E-state index contributed by atoms with van der Waals surface area (Å²) in [6.45, 7) is 0. The van der Waals surface area contributed by atoms with E-state index in [-0.39, 0.29) is 5.91 Å². The molecule has 2 aromatic carbocycles. The molecule has 21 heavy (non-hydrogen) atoms. The monoisotopic (exact) mass is 367 g/mol. The zero-order chi connectivity index (χ0) is 15.6. The van der Waals surface area contributed by atoms with Gasteiger partial charge in [0, 0.05) is 29.9 Å². The molecule has 1 amide bonds. The molecule has 0 unspecified atom stereocenters. The van der Waals surface area contributed by atoms with Crippen molar-refractivity contribution in [3.8, 4) is 0 Å². The number of carbonyl (C=O) groups excluding carboxylic acids is 1. The Morgan fingerprint density at radius 2 is 1.95 bits per heavy atom. The number of nitrogen functional groups attached to an aromatic ring is 1. The highest BCUT2D eigenvalue weighted by atomic mass is 79.9. The molecule has 0 fully saturated rings. The number of nitrogens with two attached hydrogens (primary N) is 1. The molecule has 6 heteroatoms. The first-order valence-corrected chi connectivity index (χ1v) is 7.39.